The highest BCUT2D eigenvalue weighted by Crippen LogP contribution is 2.04. The van der Waals surface area contributed by atoms with Crippen LogP contribution in [-0.2, 0) is 13.1 Å². The number of imidazole rings is 1. The molecule has 0 amide bonds. The fraction of sp³-hybridized carbons (Fsp3) is 0.429. The third kappa shape index (κ3) is 4.81. The SMILES string of the molecule is OCCN(CCCn1ccnc1)Cc1cccnc1. The van der Waals surface area contributed by atoms with Gasteiger partial charge in [-0.25, -0.2) is 4.98 Å². The van der Waals surface area contributed by atoms with Gasteiger partial charge in [0.25, 0.3) is 0 Å². The molecule has 2 heterocycles. The minimum Gasteiger partial charge on any atom is -0.395 e. The van der Waals surface area contributed by atoms with Crippen molar-refractivity contribution in [2.75, 3.05) is 19.7 Å². The van der Waals surface area contributed by atoms with Gasteiger partial charge in [-0.2, -0.15) is 0 Å². The Morgan fingerprint density at radius 1 is 1.21 bits per heavy atom. The summed E-state index contributed by atoms with van der Waals surface area (Å²) < 4.78 is 2.07. The molecule has 0 aliphatic rings. The Labute approximate surface area is 113 Å². The largest absolute Gasteiger partial charge is 0.395 e. The van der Waals surface area contributed by atoms with Gasteiger partial charge in [-0.05, 0) is 18.1 Å². The van der Waals surface area contributed by atoms with Crippen molar-refractivity contribution in [2.45, 2.75) is 19.5 Å². The van der Waals surface area contributed by atoms with Gasteiger partial charge in [-0.1, -0.05) is 6.07 Å². The zero-order valence-electron chi connectivity index (χ0n) is 11.0. The molecule has 1 N–H and O–H groups in total. The first-order valence-electron chi connectivity index (χ1n) is 6.56. The van der Waals surface area contributed by atoms with Gasteiger partial charge in [0.15, 0.2) is 0 Å². The summed E-state index contributed by atoms with van der Waals surface area (Å²) in [5.41, 5.74) is 1.18. The highest BCUT2D eigenvalue weighted by atomic mass is 16.3. The van der Waals surface area contributed by atoms with Crippen molar-refractivity contribution in [3.05, 3.63) is 48.8 Å². The van der Waals surface area contributed by atoms with Crippen LogP contribution < -0.4 is 0 Å². The second-order valence-corrected chi connectivity index (χ2v) is 4.52. The molecule has 0 saturated heterocycles. The third-order valence-electron chi connectivity index (χ3n) is 3.00. The molecule has 5 nitrogen and oxygen atoms in total. The van der Waals surface area contributed by atoms with Crippen LogP contribution in [0.15, 0.2) is 43.2 Å². The predicted octanol–water partition coefficient (Wildman–Crippen LogP) is 1.16. The van der Waals surface area contributed by atoms with E-state index in [1.54, 1.807) is 12.4 Å². The second-order valence-electron chi connectivity index (χ2n) is 4.52. The molecular formula is C14H20N4O. The van der Waals surface area contributed by atoms with Crippen LogP contribution in [0.5, 0.6) is 0 Å². The van der Waals surface area contributed by atoms with Crippen LogP contribution in [0.1, 0.15) is 12.0 Å². The summed E-state index contributed by atoms with van der Waals surface area (Å²) in [6.07, 6.45) is 10.3. The van der Waals surface area contributed by atoms with Crippen LogP contribution in [0.2, 0.25) is 0 Å². The number of hydrogen-bond donors (Lipinski definition) is 1. The fourth-order valence-electron chi connectivity index (χ4n) is 2.06. The van der Waals surface area contributed by atoms with Crippen molar-refractivity contribution in [2.24, 2.45) is 0 Å². The lowest BCUT2D eigenvalue weighted by molar-refractivity contribution is 0.186. The number of aryl methyl sites for hydroxylation is 1. The van der Waals surface area contributed by atoms with E-state index in [9.17, 15) is 0 Å². The van der Waals surface area contributed by atoms with Gasteiger partial charge >= 0.3 is 0 Å². The molecule has 19 heavy (non-hydrogen) atoms. The van der Waals surface area contributed by atoms with Crippen LogP contribution in [0.3, 0.4) is 0 Å². The molecule has 102 valence electrons. The van der Waals surface area contributed by atoms with E-state index >= 15 is 0 Å². The van der Waals surface area contributed by atoms with E-state index in [2.05, 4.69) is 25.5 Å². The highest BCUT2D eigenvalue weighted by Gasteiger charge is 2.05. The van der Waals surface area contributed by atoms with Crippen LogP contribution in [-0.4, -0.2) is 44.2 Å². The quantitative estimate of drug-likeness (QED) is 0.774. The monoisotopic (exact) mass is 260 g/mol. The smallest absolute Gasteiger partial charge is 0.0945 e. The molecule has 2 aromatic heterocycles. The molecule has 0 atom stereocenters. The van der Waals surface area contributed by atoms with Crippen molar-refractivity contribution in [3.8, 4) is 0 Å². The molecule has 0 aromatic carbocycles. The number of nitrogens with zero attached hydrogens (tertiary/aromatic N) is 4. The van der Waals surface area contributed by atoms with Gasteiger partial charge < -0.3 is 9.67 Å². The van der Waals surface area contributed by atoms with Gasteiger partial charge in [-0.3, -0.25) is 9.88 Å². The van der Waals surface area contributed by atoms with Gasteiger partial charge in [0.05, 0.1) is 12.9 Å². The van der Waals surface area contributed by atoms with Crippen molar-refractivity contribution in [1.29, 1.82) is 0 Å². The zero-order chi connectivity index (χ0) is 13.3. The number of aliphatic hydroxyl groups excluding tert-OH is 1. The van der Waals surface area contributed by atoms with Crippen molar-refractivity contribution >= 4 is 0 Å². The van der Waals surface area contributed by atoms with E-state index in [0.717, 1.165) is 26.1 Å². The summed E-state index contributed by atoms with van der Waals surface area (Å²) in [5.74, 6) is 0. The Bertz CT molecular complexity index is 444. The molecule has 0 aliphatic heterocycles. The summed E-state index contributed by atoms with van der Waals surface area (Å²) >= 11 is 0. The maximum Gasteiger partial charge on any atom is 0.0945 e. The normalized spacial score (nSPS) is 11.1. The van der Waals surface area contributed by atoms with Crippen LogP contribution in [0.4, 0.5) is 0 Å². The maximum absolute atomic E-state index is 9.13. The summed E-state index contributed by atoms with van der Waals surface area (Å²) in [4.78, 5) is 10.4. The molecule has 2 aromatic rings. The number of aliphatic hydroxyl groups is 1. The molecule has 0 bridgehead atoms. The first-order valence-corrected chi connectivity index (χ1v) is 6.56. The summed E-state index contributed by atoms with van der Waals surface area (Å²) in [7, 11) is 0. The maximum atomic E-state index is 9.13. The number of hydrogen-bond acceptors (Lipinski definition) is 4. The van der Waals surface area contributed by atoms with E-state index in [1.165, 1.54) is 5.56 Å². The fourth-order valence-corrected chi connectivity index (χ4v) is 2.06. The van der Waals surface area contributed by atoms with Crippen LogP contribution >= 0.6 is 0 Å². The molecule has 0 fully saturated rings. The molecule has 5 heteroatoms. The average molecular weight is 260 g/mol. The second kappa shape index (κ2) is 7.66. The Hall–Kier alpha value is -1.72. The Morgan fingerprint density at radius 3 is 2.84 bits per heavy atom. The summed E-state index contributed by atoms with van der Waals surface area (Å²) in [6.45, 7) is 3.62. The lowest BCUT2D eigenvalue weighted by Gasteiger charge is -2.21. The molecule has 0 saturated carbocycles. The van der Waals surface area contributed by atoms with E-state index < -0.39 is 0 Å². The summed E-state index contributed by atoms with van der Waals surface area (Å²) in [6, 6.07) is 4.01. The molecule has 0 spiro atoms. The van der Waals surface area contributed by atoms with Crippen LogP contribution in [0.25, 0.3) is 0 Å². The molecule has 2 rings (SSSR count). The van der Waals surface area contributed by atoms with Crippen molar-refractivity contribution in [3.63, 3.8) is 0 Å². The Morgan fingerprint density at radius 2 is 2.16 bits per heavy atom. The number of pyridine rings is 1. The highest BCUT2D eigenvalue weighted by molar-refractivity contribution is 5.08. The standard InChI is InChI=1S/C14H20N4O/c19-10-9-17(12-14-3-1-4-15-11-14)6-2-7-18-8-5-16-13-18/h1,3-5,8,11,13,19H,2,6-7,9-10,12H2. The summed E-state index contributed by atoms with van der Waals surface area (Å²) in [5, 5.41) is 9.13. The van der Waals surface area contributed by atoms with E-state index in [0.29, 0.717) is 6.54 Å². The zero-order valence-corrected chi connectivity index (χ0v) is 11.0. The lowest BCUT2D eigenvalue weighted by atomic mass is 10.2. The molecule has 0 unspecified atom stereocenters. The third-order valence-corrected chi connectivity index (χ3v) is 3.00. The van der Waals surface area contributed by atoms with Crippen molar-refractivity contribution < 1.29 is 5.11 Å². The first-order chi connectivity index (χ1) is 9.38. The predicted molar refractivity (Wildman–Crippen MR) is 73.4 cm³/mol. The van der Waals surface area contributed by atoms with Crippen molar-refractivity contribution in [1.82, 2.24) is 19.4 Å². The molecule has 0 radical (unpaired) electrons. The first kappa shape index (κ1) is 13.7. The van der Waals surface area contributed by atoms with Crippen LogP contribution in [0, 0.1) is 0 Å². The number of rotatable bonds is 8. The van der Waals surface area contributed by atoms with Gasteiger partial charge in [0.1, 0.15) is 0 Å². The molecule has 0 aliphatic carbocycles. The Balaban J connectivity index is 1.79. The van der Waals surface area contributed by atoms with E-state index in [-0.39, 0.29) is 6.61 Å². The van der Waals surface area contributed by atoms with Gasteiger partial charge in [0.2, 0.25) is 0 Å². The van der Waals surface area contributed by atoms with Gasteiger partial charge in [-0.15, -0.1) is 0 Å². The lowest BCUT2D eigenvalue weighted by Crippen LogP contribution is -2.28. The minimum atomic E-state index is 0.186. The Kier molecular flexibility index (Phi) is 5.52. The van der Waals surface area contributed by atoms with E-state index in [4.69, 9.17) is 5.11 Å². The number of aromatic nitrogens is 3. The topological polar surface area (TPSA) is 54.2 Å². The van der Waals surface area contributed by atoms with E-state index in [1.807, 2.05) is 24.8 Å². The van der Waals surface area contributed by atoms with Gasteiger partial charge in [0, 0.05) is 51.0 Å². The minimum absolute atomic E-state index is 0.186. The molecular weight excluding hydrogens is 240 g/mol. The average Bonchev–Trinajstić information content (AvgIpc) is 2.93.